The molecule has 0 spiro atoms. The van der Waals surface area contributed by atoms with Crippen molar-refractivity contribution in [1.82, 2.24) is 0 Å². The van der Waals surface area contributed by atoms with E-state index in [1.807, 2.05) is 6.08 Å². The van der Waals surface area contributed by atoms with Gasteiger partial charge in [0.2, 0.25) is 0 Å². The number of fused-ring (bicyclic) bond motifs is 5. The molecular weight excluding hydrogens is 312 g/mol. The van der Waals surface area contributed by atoms with Crippen molar-refractivity contribution in [1.29, 1.82) is 0 Å². The molecule has 4 aliphatic rings. The Hall–Kier alpha value is -0.0900. The zero-order valence-corrected chi connectivity index (χ0v) is 14.8. The third-order valence-corrected chi connectivity index (χ3v) is 8.46. The van der Waals surface area contributed by atoms with Crippen molar-refractivity contribution >= 4 is 11.6 Å². The molecule has 0 unspecified atom stereocenters. The van der Waals surface area contributed by atoms with E-state index < -0.39 is 6.10 Å². The molecule has 0 aromatic heterocycles. The second-order valence-electron chi connectivity index (χ2n) is 9.02. The van der Waals surface area contributed by atoms with Crippen LogP contribution < -0.4 is 0 Å². The fourth-order valence-electron chi connectivity index (χ4n) is 6.62. The summed E-state index contributed by atoms with van der Waals surface area (Å²) in [4.78, 5) is 0. The number of alkyl halides is 1. The van der Waals surface area contributed by atoms with Crippen molar-refractivity contribution in [3.63, 3.8) is 0 Å². The van der Waals surface area contributed by atoms with Crippen LogP contribution in [0.5, 0.6) is 0 Å². The van der Waals surface area contributed by atoms with Gasteiger partial charge in [-0.05, 0) is 67.1 Å². The van der Waals surface area contributed by atoms with Crippen molar-refractivity contribution in [2.75, 3.05) is 0 Å². The Morgan fingerprint density at radius 1 is 1.09 bits per heavy atom. The maximum Gasteiger partial charge on any atom is 0.0760 e. The molecule has 0 amide bonds. The number of hydrogen-bond donors (Lipinski definition) is 3. The van der Waals surface area contributed by atoms with Gasteiger partial charge in [0.15, 0.2) is 0 Å². The number of hydrogen-bond acceptors (Lipinski definition) is 3. The summed E-state index contributed by atoms with van der Waals surface area (Å²) in [7, 11) is 0. The lowest BCUT2D eigenvalue weighted by Crippen LogP contribution is -2.56. The van der Waals surface area contributed by atoms with Crippen LogP contribution in [-0.2, 0) is 0 Å². The highest BCUT2D eigenvalue weighted by atomic mass is 35.5. The zero-order chi connectivity index (χ0) is 16.6. The van der Waals surface area contributed by atoms with Crippen LogP contribution in [0.4, 0.5) is 0 Å². The van der Waals surface area contributed by atoms with E-state index in [1.54, 1.807) is 0 Å². The summed E-state index contributed by atoms with van der Waals surface area (Å²) in [6, 6.07) is 0. The lowest BCUT2D eigenvalue weighted by Gasteiger charge is -2.59. The van der Waals surface area contributed by atoms with E-state index in [0.29, 0.717) is 18.3 Å². The Morgan fingerprint density at radius 2 is 1.83 bits per heavy atom. The van der Waals surface area contributed by atoms with Crippen molar-refractivity contribution in [3.05, 3.63) is 11.6 Å². The molecular formula is C19H29ClO3. The van der Waals surface area contributed by atoms with Crippen LogP contribution in [0.3, 0.4) is 0 Å². The van der Waals surface area contributed by atoms with E-state index in [0.717, 1.165) is 32.1 Å². The Bertz CT molecular complexity index is 535. The van der Waals surface area contributed by atoms with Crippen molar-refractivity contribution in [2.24, 2.45) is 28.6 Å². The summed E-state index contributed by atoms with van der Waals surface area (Å²) in [5.41, 5.74) is 1.20. The van der Waals surface area contributed by atoms with Gasteiger partial charge in [-0.15, -0.1) is 11.6 Å². The zero-order valence-electron chi connectivity index (χ0n) is 14.1. The van der Waals surface area contributed by atoms with Gasteiger partial charge >= 0.3 is 0 Å². The van der Waals surface area contributed by atoms with Crippen LogP contribution in [-0.4, -0.2) is 39.0 Å². The van der Waals surface area contributed by atoms with Crippen molar-refractivity contribution < 1.29 is 15.3 Å². The highest BCUT2D eigenvalue weighted by molar-refractivity contribution is 6.21. The highest BCUT2D eigenvalue weighted by Gasteiger charge is 2.62. The smallest absolute Gasteiger partial charge is 0.0760 e. The van der Waals surface area contributed by atoms with Gasteiger partial charge in [-0.25, -0.2) is 0 Å². The van der Waals surface area contributed by atoms with Crippen molar-refractivity contribution in [3.8, 4) is 0 Å². The molecule has 23 heavy (non-hydrogen) atoms. The topological polar surface area (TPSA) is 60.7 Å². The molecule has 0 bridgehead atoms. The first-order chi connectivity index (χ1) is 10.8. The van der Waals surface area contributed by atoms with E-state index in [2.05, 4.69) is 13.8 Å². The van der Waals surface area contributed by atoms with Crippen LogP contribution in [0, 0.1) is 28.6 Å². The van der Waals surface area contributed by atoms with Gasteiger partial charge in [0.25, 0.3) is 0 Å². The summed E-state index contributed by atoms with van der Waals surface area (Å²) in [6.45, 7) is 4.51. The van der Waals surface area contributed by atoms with E-state index >= 15 is 0 Å². The third kappa shape index (κ3) is 2.13. The molecule has 3 fully saturated rings. The van der Waals surface area contributed by atoms with Crippen LogP contribution in [0.1, 0.15) is 52.4 Å². The molecule has 4 rings (SSSR count). The van der Waals surface area contributed by atoms with Gasteiger partial charge in [0, 0.05) is 0 Å². The van der Waals surface area contributed by atoms with E-state index in [9.17, 15) is 15.3 Å². The summed E-state index contributed by atoms with van der Waals surface area (Å²) in [5.74, 6) is 0.973. The standard InChI is InChI=1S/C19H29ClO3/c1-18-5-3-11(21)7-10(18)8-15(22)16-12(18)4-6-19(2)13(16)9-14(20)17(19)23/h7,11-17,21-23H,3-6,8-9H2,1-2H3/t11-,12-,13-,14+,15-,16+,17-,18-,19-/m0/s1. The predicted octanol–water partition coefficient (Wildman–Crippen LogP) is 2.86. The summed E-state index contributed by atoms with van der Waals surface area (Å²) in [5, 5.41) is 31.3. The summed E-state index contributed by atoms with van der Waals surface area (Å²) < 4.78 is 0. The molecule has 130 valence electrons. The van der Waals surface area contributed by atoms with Gasteiger partial charge in [0.1, 0.15) is 0 Å². The average molecular weight is 341 g/mol. The molecule has 0 aromatic carbocycles. The minimum atomic E-state index is -0.458. The fourth-order valence-corrected chi connectivity index (χ4v) is 7.10. The first-order valence-electron chi connectivity index (χ1n) is 9.17. The summed E-state index contributed by atoms with van der Waals surface area (Å²) in [6.07, 6.45) is 6.16. The van der Waals surface area contributed by atoms with Gasteiger partial charge in [-0.2, -0.15) is 0 Å². The van der Waals surface area contributed by atoms with Crippen LogP contribution in [0.2, 0.25) is 0 Å². The Morgan fingerprint density at radius 3 is 2.57 bits per heavy atom. The Labute approximate surface area is 143 Å². The highest BCUT2D eigenvalue weighted by Crippen LogP contribution is 2.65. The first-order valence-corrected chi connectivity index (χ1v) is 9.60. The van der Waals surface area contributed by atoms with E-state index in [4.69, 9.17) is 11.6 Å². The van der Waals surface area contributed by atoms with Crippen molar-refractivity contribution in [2.45, 2.75) is 76.1 Å². The molecule has 9 atom stereocenters. The number of halogens is 1. The second kappa shape index (κ2) is 5.20. The molecule has 3 nitrogen and oxygen atoms in total. The average Bonchev–Trinajstić information content (AvgIpc) is 2.73. The van der Waals surface area contributed by atoms with Gasteiger partial charge in [0.05, 0.1) is 23.7 Å². The van der Waals surface area contributed by atoms with Crippen LogP contribution in [0.15, 0.2) is 11.6 Å². The minimum absolute atomic E-state index is 0.0970. The lowest BCUT2D eigenvalue weighted by atomic mass is 9.46. The monoisotopic (exact) mass is 340 g/mol. The SMILES string of the molecule is C[C@]12CC[C@H]3[C@@H]([C@@H](O)CC4=C[C@@H](O)CC[C@@]43C)[C@@H]1C[C@@H](Cl)[C@@H]2O. The normalized spacial score (nSPS) is 58.9. The van der Waals surface area contributed by atoms with Gasteiger partial charge in [-0.3, -0.25) is 0 Å². The number of rotatable bonds is 0. The molecule has 3 saturated carbocycles. The molecule has 3 N–H and O–H groups in total. The molecule has 0 radical (unpaired) electrons. The van der Waals surface area contributed by atoms with Gasteiger partial charge < -0.3 is 15.3 Å². The Balaban J connectivity index is 1.73. The molecule has 0 aromatic rings. The quantitative estimate of drug-likeness (QED) is 0.469. The summed E-state index contributed by atoms with van der Waals surface area (Å²) >= 11 is 6.42. The van der Waals surface area contributed by atoms with E-state index in [-0.39, 0.29) is 34.3 Å². The molecule has 4 heteroatoms. The van der Waals surface area contributed by atoms with Gasteiger partial charge in [-0.1, -0.05) is 25.5 Å². The van der Waals surface area contributed by atoms with E-state index in [1.165, 1.54) is 5.57 Å². The molecule has 0 saturated heterocycles. The predicted molar refractivity (Wildman–Crippen MR) is 90.1 cm³/mol. The minimum Gasteiger partial charge on any atom is -0.392 e. The molecule has 4 aliphatic carbocycles. The number of aliphatic hydroxyl groups is 3. The molecule has 0 aliphatic heterocycles. The second-order valence-corrected chi connectivity index (χ2v) is 9.58. The molecule has 0 heterocycles. The Kier molecular flexibility index (Phi) is 3.71. The maximum absolute atomic E-state index is 10.9. The first kappa shape index (κ1) is 16.4. The van der Waals surface area contributed by atoms with Crippen LogP contribution in [0.25, 0.3) is 0 Å². The third-order valence-electron chi connectivity index (χ3n) is 8.05. The largest absolute Gasteiger partial charge is 0.392 e. The maximum atomic E-state index is 10.9. The van der Waals surface area contributed by atoms with Crippen LogP contribution >= 0.6 is 11.6 Å². The fraction of sp³-hybridized carbons (Fsp3) is 0.895. The lowest BCUT2D eigenvalue weighted by molar-refractivity contribution is -0.121. The number of aliphatic hydroxyl groups excluding tert-OH is 3.